The minimum absolute atomic E-state index is 0.116. The molecule has 0 spiro atoms. The van der Waals surface area contributed by atoms with Gasteiger partial charge >= 0.3 is 12.4 Å². The second kappa shape index (κ2) is 5.59. The highest BCUT2D eigenvalue weighted by Gasteiger charge is 2.30. The Labute approximate surface area is 119 Å². The molecule has 0 N–H and O–H groups in total. The fourth-order valence-electron chi connectivity index (χ4n) is 1.17. The molecule has 8 heteroatoms. The van der Waals surface area contributed by atoms with E-state index in [4.69, 9.17) is 4.74 Å². The van der Waals surface area contributed by atoms with Crippen molar-refractivity contribution in [2.75, 3.05) is 0 Å². The Morgan fingerprint density at radius 1 is 0.947 bits per heavy atom. The van der Waals surface area contributed by atoms with E-state index >= 15 is 0 Å². The largest absolute Gasteiger partial charge is 0.573 e. The molecule has 100 valence electrons. The molecule has 0 bridgehead atoms. The molecule has 0 unspecified atom stereocenters. The van der Waals surface area contributed by atoms with Gasteiger partial charge in [-0.05, 0) is 46.9 Å². The summed E-state index contributed by atoms with van der Waals surface area (Å²) < 4.78 is 45.7. The van der Waals surface area contributed by atoms with Gasteiger partial charge in [-0.25, -0.2) is 9.97 Å². The molecule has 0 aliphatic rings. The standard InChI is InChI=1S/C11H6F3IN2O2/c12-11(13,14)19-9-3-1-8(2-4-9)18-10-16-5-7(15)6-17-10/h1-6H. The van der Waals surface area contributed by atoms with E-state index in [1.54, 1.807) is 12.4 Å². The normalized spacial score (nSPS) is 11.2. The van der Waals surface area contributed by atoms with Gasteiger partial charge in [-0.1, -0.05) is 0 Å². The van der Waals surface area contributed by atoms with Crippen molar-refractivity contribution in [1.29, 1.82) is 0 Å². The van der Waals surface area contributed by atoms with Crippen LogP contribution in [0.5, 0.6) is 17.5 Å². The molecule has 0 fully saturated rings. The highest BCUT2D eigenvalue weighted by atomic mass is 127. The van der Waals surface area contributed by atoms with Crippen molar-refractivity contribution < 1.29 is 22.6 Å². The quantitative estimate of drug-likeness (QED) is 0.759. The Hall–Kier alpha value is -1.58. The summed E-state index contributed by atoms with van der Waals surface area (Å²) in [6.45, 7) is 0. The lowest BCUT2D eigenvalue weighted by Gasteiger charge is -2.09. The summed E-state index contributed by atoms with van der Waals surface area (Å²) in [4.78, 5) is 7.81. The van der Waals surface area contributed by atoms with E-state index in [2.05, 4.69) is 14.7 Å². The Morgan fingerprint density at radius 3 is 2.00 bits per heavy atom. The summed E-state index contributed by atoms with van der Waals surface area (Å²) in [5.74, 6) is -0.000823. The molecular weight excluding hydrogens is 376 g/mol. The number of halogens is 4. The van der Waals surface area contributed by atoms with Gasteiger partial charge in [-0.2, -0.15) is 0 Å². The van der Waals surface area contributed by atoms with Crippen LogP contribution in [-0.4, -0.2) is 16.3 Å². The van der Waals surface area contributed by atoms with E-state index in [1.165, 1.54) is 12.1 Å². The first kappa shape index (κ1) is 13.8. The van der Waals surface area contributed by atoms with Gasteiger partial charge in [-0.3, -0.25) is 0 Å². The summed E-state index contributed by atoms with van der Waals surface area (Å²) in [6.07, 6.45) is -1.59. The number of hydrogen-bond donors (Lipinski definition) is 0. The summed E-state index contributed by atoms with van der Waals surface area (Å²) in [6, 6.07) is 5.08. The lowest BCUT2D eigenvalue weighted by molar-refractivity contribution is -0.274. The zero-order valence-corrected chi connectivity index (χ0v) is 11.3. The number of nitrogens with zero attached hydrogens (tertiary/aromatic N) is 2. The van der Waals surface area contributed by atoms with Crippen LogP contribution < -0.4 is 9.47 Å². The number of hydrogen-bond acceptors (Lipinski definition) is 4. The number of ether oxygens (including phenoxy) is 2. The molecule has 19 heavy (non-hydrogen) atoms. The third-order valence-electron chi connectivity index (χ3n) is 1.86. The van der Waals surface area contributed by atoms with Crippen LogP contribution in [0.3, 0.4) is 0 Å². The van der Waals surface area contributed by atoms with Crippen LogP contribution in [0.2, 0.25) is 0 Å². The second-order valence-corrected chi connectivity index (χ2v) is 4.55. The third-order valence-corrected chi connectivity index (χ3v) is 2.42. The summed E-state index contributed by atoms with van der Waals surface area (Å²) in [5, 5.41) is 0. The number of alkyl halides is 3. The zero-order valence-electron chi connectivity index (χ0n) is 9.19. The minimum atomic E-state index is -4.71. The molecule has 0 aliphatic carbocycles. The van der Waals surface area contributed by atoms with Gasteiger partial charge < -0.3 is 9.47 Å². The predicted molar refractivity (Wildman–Crippen MR) is 67.9 cm³/mol. The molecule has 1 aromatic heterocycles. The van der Waals surface area contributed by atoms with Crippen molar-refractivity contribution in [3.8, 4) is 17.5 Å². The predicted octanol–water partition coefficient (Wildman–Crippen LogP) is 3.77. The number of benzene rings is 1. The van der Waals surface area contributed by atoms with Crippen molar-refractivity contribution in [3.05, 3.63) is 40.2 Å². The van der Waals surface area contributed by atoms with E-state index < -0.39 is 6.36 Å². The van der Waals surface area contributed by atoms with Gasteiger partial charge in [0, 0.05) is 16.0 Å². The van der Waals surface area contributed by atoms with E-state index in [0.29, 0.717) is 5.75 Å². The smallest absolute Gasteiger partial charge is 0.424 e. The third kappa shape index (κ3) is 4.54. The zero-order chi connectivity index (χ0) is 13.9. The van der Waals surface area contributed by atoms with Crippen LogP contribution in [0.4, 0.5) is 13.2 Å². The van der Waals surface area contributed by atoms with Crippen LogP contribution in [0.25, 0.3) is 0 Å². The topological polar surface area (TPSA) is 44.2 Å². The SMILES string of the molecule is FC(F)(F)Oc1ccc(Oc2ncc(I)cn2)cc1. The molecule has 0 saturated heterocycles. The van der Waals surface area contributed by atoms with Gasteiger partial charge in [-0.15, -0.1) is 13.2 Å². The summed E-state index contributed by atoms with van der Waals surface area (Å²) >= 11 is 2.04. The second-order valence-electron chi connectivity index (χ2n) is 3.31. The fraction of sp³-hybridized carbons (Fsp3) is 0.0909. The van der Waals surface area contributed by atoms with E-state index in [9.17, 15) is 13.2 Å². The van der Waals surface area contributed by atoms with Crippen LogP contribution in [0.15, 0.2) is 36.7 Å². The molecular formula is C11H6F3IN2O2. The van der Waals surface area contributed by atoms with Gasteiger partial charge in [0.2, 0.25) is 0 Å². The molecule has 4 nitrogen and oxygen atoms in total. The van der Waals surface area contributed by atoms with Gasteiger partial charge in [0.15, 0.2) is 0 Å². The minimum Gasteiger partial charge on any atom is -0.424 e. The molecule has 2 aromatic rings. The Bertz CT molecular complexity index is 543. The Balaban J connectivity index is 2.04. The van der Waals surface area contributed by atoms with Crippen LogP contribution in [-0.2, 0) is 0 Å². The van der Waals surface area contributed by atoms with Crippen molar-refractivity contribution in [2.45, 2.75) is 6.36 Å². The molecule has 2 rings (SSSR count). The summed E-state index contributed by atoms with van der Waals surface area (Å²) in [7, 11) is 0. The molecule has 0 atom stereocenters. The average Bonchev–Trinajstić information content (AvgIpc) is 2.33. The molecule has 0 amide bonds. The number of rotatable bonds is 3. The maximum Gasteiger partial charge on any atom is 0.573 e. The molecule has 0 radical (unpaired) electrons. The average molecular weight is 382 g/mol. The van der Waals surface area contributed by atoms with Gasteiger partial charge in [0.1, 0.15) is 11.5 Å². The lowest BCUT2D eigenvalue weighted by Crippen LogP contribution is -2.16. The molecule has 0 saturated carbocycles. The highest BCUT2D eigenvalue weighted by Crippen LogP contribution is 2.26. The first-order valence-electron chi connectivity index (χ1n) is 4.93. The first-order valence-corrected chi connectivity index (χ1v) is 6.01. The van der Waals surface area contributed by atoms with Gasteiger partial charge in [0.05, 0.1) is 0 Å². The van der Waals surface area contributed by atoms with Crippen molar-refractivity contribution in [1.82, 2.24) is 9.97 Å². The monoisotopic (exact) mass is 382 g/mol. The van der Waals surface area contributed by atoms with Crippen molar-refractivity contribution in [2.24, 2.45) is 0 Å². The highest BCUT2D eigenvalue weighted by molar-refractivity contribution is 14.1. The first-order chi connectivity index (χ1) is 8.92. The molecule has 1 heterocycles. The van der Waals surface area contributed by atoms with Crippen molar-refractivity contribution in [3.63, 3.8) is 0 Å². The van der Waals surface area contributed by atoms with E-state index in [-0.39, 0.29) is 11.8 Å². The van der Waals surface area contributed by atoms with Crippen LogP contribution in [0, 0.1) is 3.57 Å². The Kier molecular flexibility index (Phi) is 4.08. The van der Waals surface area contributed by atoms with E-state index in [0.717, 1.165) is 15.7 Å². The van der Waals surface area contributed by atoms with E-state index in [1.807, 2.05) is 22.6 Å². The van der Waals surface area contributed by atoms with Crippen LogP contribution >= 0.6 is 22.6 Å². The lowest BCUT2D eigenvalue weighted by atomic mass is 10.3. The van der Waals surface area contributed by atoms with Crippen LogP contribution in [0.1, 0.15) is 0 Å². The summed E-state index contributed by atoms with van der Waals surface area (Å²) in [5.41, 5.74) is 0. The molecule has 1 aromatic carbocycles. The Morgan fingerprint density at radius 2 is 1.47 bits per heavy atom. The fourth-order valence-corrected chi connectivity index (χ4v) is 1.45. The molecule has 0 aliphatic heterocycles. The maximum atomic E-state index is 12.0. The number of aromatic nitrogens is 2. The van der Waals surface area contributed by atoms with Crippen molar-refractivity contribution >= 4 is 22.6 Å². The van der Waals surface area contributed by atoms with Gasteiger partial charge in [0.25, 0.3) is 0 Å². The maximum absolute atomic E-state index is 12.0.